The van der Waals surface area contributed by atoms with Crippen molar-refractivity contribution in [3.05, 3.63) is 69.9 Å². The van der Waals surface area contributed by atoms with E-state index in [1.165, 1.54) is 16.5 Å². The Kier molecular flexibility index (Phi) is 8.01. The molecule has 4 aromatic heterocycles. The van der Waals surface area contributed by atoms with Crippen molar-refractivity contribution in [2.24, 2.45) is 14.1 Å². The lowest BCUT2D eigenvalue weighted by molar-refractivity contribution is 0.683. The number of aryl methyl sites for hydroxylation is 2. The van der Waals surface area contributed by atoms with Crippen LogP contribution in [0.3, 0.4) is 0 Å². The quantitative estimate of drug-likeness (QED) is 0.482. The molecule has 0 saturated heterocycles. The average molecular weight is 358 g/mol. The Bertz CT molecular complexity index is 969. The van der Waals surface area contributed by atoms with Crippen molar-refractivity contribution in [3.63, 3.8) is 0 Å². The molecule has 0 aliphatic carbocycles. The maximum absolute atomic E-state index is 11.1. The van der Waals surface area contributed by atoms with Gasteiger partial charge in [0.05, 0.1) is 0 Å². The van der Waals surface area contributed by atoms with Crippen LogP contribution in [0.15, 0.2) is 58.9 Å². The molecule has 4 rings (SSSR count). The summed E-state index contributed by atoms with van der Waals surface area (Å²) in [6.07, 6.45) is 10.0. The van der Waals surface area contributed by atoms with Crippen LogP contribution in [0.1, 0.15) is 27.7 Å². The van der Waals surface area contributed by atoms with E-state index in [0.29, 0.717) is 11.4 Å². The molecule has 0 bridgehead atoms. The van der Waals surface area contributed by atoms with Crippen LogP contribution in [0.2, 0.25) is 0 Å². The molecular weight excluding hydrogens is 332 g/mol. The van der Waals surface area contributed by atoms with Crippen molar-refractivity contribution in [3.8, 4) is 0 Å². The van der Waals surface area contributed by atoms with Gasteiger partial charge in [-0.1, -0.05) is 27.7 Å². The average Bonchev–Trinajstić information content (AvgIpc) is 3.36. The summed E-state index contributed by atoms with van der Waals surface area (Å²) in [7, 11) is 3.70. The number of fused-ring (bicyclic) bond motifs is 2. The van der Waals surface area contributed by atoms with Crippen molar-refractivity contribution in [2.75, 3.05) is 0 Å². The summed E-state index contributed by atoms with van der Waals surface area (Å²) in [5, 5.41) is 0. The maximum atomic E-state index is 11.1. The highest BCUT2D eigenvalue weighted by molar-refractivity contribution is 5.35. The van der Waals surface area contributed by atoms with Gasteiger partial charge >= 0.3 is 0 Å². The minimum absolute atomic E-state index is 0.0457. The molecule has 0 spiro atoms. The molecule has 8 heteroatoms. The zero-order valence-electron chi connectivity index (χ0n) is 16.1. The van der Waals surface area contributed by atoms with Gasteiger partial charge in [0.15, 0.2) is 5.65 Å². The first-order valence-corrected chi connectivity index (χ1v) is 8.55. The number of imidazole rings is 2. The molecule has 0 aromatic carbocycles. The van der Waals surface area contributed by atoms with Gasteiger partial charge in [0.25, 0.3) is 5.56 Å². The Hall–Kier alpha value is -3.16. The van der Waals surface area contributed by atoms with Crippen molar-refractivity contribution >= 4 is 11.4 Å². The monoisotopic (exact) mass is 358 g/mol. The topological polar surface area (TPSA) is 78.6 Å². The summed E-state index contributed by atoms with van der Waals surface area (Å²) in [6, 6.07) is 3.01. The lowest BCUT2D eigenvalue weighted by Gasteiger charge is -2.00. The molecular formula is C18H26N6O2. The smallest absolute Gasteiger partial charge is 0.258 e. The third-order valence-electron chi connectivity index (χ3n) is 3.24. The summed E-state index contributed by atoms with van der Waals surface area (Å²) in [6.45, 7) is 8.00. The Balaban J connectivity index is 0.000000219. The number of rotatable bonds is 0. The molecule has 0 radical (unpaired) electrons. The van der Waals surface area contributed by atoms with E-state index < -0.39 is 0 Å². The van der Waals surface area contributed by atoms with E-state index >= 15 is 0 Å². The number of hydrogen-bond acceptors (Lipinski definition) is 4. The van der Waals surface area contributed by atoms with E-state index in [1.807, 2.05) is 41.8 Å². The Morgan fingerprint density at radius 2 is 1.46 bits per heavy atom. The van der Waals surface area contributed by atoms with Crippen LogP contribution in [-0.2, 0) is 14.1 Å². The molecule has 0 aliphatic heterocycles. The predicted molar refractivity (Wildman–Crippen MR) is 104 cm³/mol. The van der Waals surface area contributed by atoms with Gasteiger partial charge in [-0.3, -0.25) is 18.7 Å². The first kappa shape index (κ1) is 20.9. The second kappa shape index (κ2) is 9.97. The highest BCUT2D eigenvalue weighted by Gasteiger charge is 1.98. The zero-order chi connectivity index (χ0) is 19.7. The molecule has 0 amide bonds. The number of nitrogens with zero attached hydrogens (tertiary/aromatic N) is 6. The highest BCUT2D eigenvalue weighted by Crippen LogP contribution is 1.92. The maximum Gasteiger partial charge on any atom is 0.258 e. The first-order valence-electron chi connectivity index (χ1n) is 8.55. The minimum Gasteiger partial charge on any atom is -0.321 e. The third kappa shape index (κ3) is 4.47. The number of aromatic nitrogens is 6. The fourth-order valence-electron chi connectivity index (χ4n) is 2.10. The third-order valence-corrected chi connectivity index (χ3v) is 3.24. The Labute approximate surface area is 152 Å². The number of hydrogen-bond donors (Lipinski definition) is 0. The second-order valence-corrected chi connectivity index (χ2v) is 4.71. The van der Waals surface area contributed by atoms with Gasteiger partial charge in [0.1, 0.15) is 0 Å². The van der Waals surface area contributed by atoms with Crippen LogP contribution in [0, 0.1) is 0 Å². The fourth-order valence-corrected chi connectivity index (χ4v) is 2.10. The Morgan fingerprint density at radius 3 is 2.08 bits per heavy atom. The largest absolute Gasteiger partial charge is 0.321 e. The molecule has 4 aromatic rings. The van der Waals surface area contributed by atoms with Crippen LogP contribution in [0.5, 0.6) is 0 Å². The van der Waals surface area contributed by atoms with E-state index in [4.69, 9.17) is 0 Å². The standard InChI is InChI=1S/2C7H7N3O.2C2H6/c1-9-4-2-6(11)10-5-3-8-7(9)10;1-9-4-2-6(11)7-8-3-5-10(7)9;2*1-2/h2*2-5H,1H3;2*1-2H3. The van der Waals surface area contributed by atoms with Crippen molar-refractivity contribution in [1.82, 2.24) is 28.1 Å². The summed E-state index contributed by atoms with van der Waals surface area (Å²) >= 11 is 0. The molecule has 0 aliphatic rings. The fraction of sp³-hybridized carbons (Fsp3) is 0.333. The molecule has 4 heterocycles. The summed E-state index contributed by atoms with van der Waals surface area (Å²) in [5.41, 5.74) is 0.374. The lowest BCUT2D eigenvalue weighted by atomic mass is 10.5. The van der Waals surface area contributed by atoms with Crippen molar-refractivity contribution in [2.45, 2.75) is 27.7 Å². The zero-order valence-corrected chi connectivity index (χ0v) is 16.1. The van der Waals surface area contributed by atoms with E-state index in [-0.39, 0.29) is 11.0 Å². The van der Waals surface area contributed by atoms with E-state index in [1.54, 1.807) is 50.9 Å². The van der Waals surface area contributed by atoms with E-state index in [9.17, 15) is 9.59 Å². The van der Waals surface area contributed by atoms with Gasteiger partial charge in [0, 0.05) is 63.4 Å². The van der Waals surface area contributed by atoms with Crippen LogP contribution in [-0.4, -0.2) is 28.1 Å². The normalized spacial score (nSPS) is 9.46. The second-order valence-electron chi connectivity index (χ2n) is 4.71. The summed E-state index contributed by atoms with van der Waals surface area (Å²) in [5.74, 6) is 0.664. The lowest BCUT2D eigenvalue weighted by Crippen LogP contribution is -2.13. The summed E-state index contributed by atoms with van der Waals surface area (Å²) < 4.78 is 6.79. The van der Waals surface area contributed by atoms with E-state index in [0.717, 1.165) is 0 Å². The van der Waals surface area contributed by atoms with Gasteiger partial charge in [-0.05, 0) is 0 Å². The Morgan fingerprint density at radius 1 is 0.808 bits per heavy atom. The van der Waals surface area contributed by atoms with Gasteiger partial charge in [-0.15, -0.1) is 0 Å². The minimum atomic E-state index is -0.0481. The first-order chi connectivity index (χ1) is 12.6. The van der Waals surface area contributed by atoms with Crippen molar-refractivity contribution < 1.29 is 0 Å². The molecule has 0 unspecified atom stereocenters. The van der Waals surface area contributed by atoms with Gasteiger partial charge < -0.3 is 4.57 Å². The van der Waals surface area contributed by atoms with Crippen LogP contribution in [0.25, 0.3) is 11.4 Å². The highest BCUT2D eigenvalue weighted by atomic mass is 16.1. The van der Waals surface area contributed by atoms with Crippen LogP contribution >= 0.6 is 0 Å². The molecule has 26 heavy (non-hydrogen) atoms. The van der Waals surface area contributed by atoms with Crippen LogP contribution in [0.4, 0.5) is 0 Å². The molecule has 0 atom stereocenters. The van der Waals surface area contributed by atoms with Gasteiger partial charge in [-0.2, -0.15) is 0 Å². The van der Waals surface area contributed by atoms with Gasteiger partial charge in [0.2, 0.25) is 11.2 Å². The molecule has 0 fully saturated rings. The van der Waals surface area contributed by atoms with E-state index in [2.05, 4.69) is 9.97 Å². The predicted octanol–water partition coefficient (Wildman–Crippen LogP) is 2.12. The van der Waals surface area contributed by atoms with Gasteiger partial charge in [-0.25, -0.2) is 14.5 Å². The molecule has 140 valence electrons. The molecule has 0 saturated carbocycles. The molecule has 0 N–H and O–H groups in total. The van der Waals surface area contributed by atoms with Crippen molar-refractivity contribution in [1.29, 1.82) is 0 Å². The molecule has 8 nitrogen and oxygen atoms in total. The summed E-state index contributed by atoms with van der Waals surface area (Å²) in [4.78, 5) is 30.1. The van der Waals surface area contributed by atoms with Crippen LogP contribution < -0.4 is 11.0 Å². The SMILES string of the molecule is CC.CC.Cn1ccc(=O)c2nccn21.Cn1ccc(=O)n2ccnc12.